The minimum atomic E-state index is -4.53. The first kappa shape index (κ1) is 17.3. The van der Waals surface area contributed by atoms with E-state index in [1.54, 1.807) is 12.1 Å². The summed E-state index contributed by atoms with van der Waals surface area (Å²) in [5.41, 5.74) is 0.757. The van der Waals surface area contributed by atoms with Gasteiger partial charge < -0.3 is 5.11 Å². The maximum Gasteiger partial charge on any atom is 0.341 e. The molecule has 1 aliphatic rings. The maximum absolute atomic E-state index is 12.5. The van der Waals surface area contributed by atoms with Crippen LogP contribution in [-0.4, -0.2) is 43.9 Å². The Bertz CT molecular complexity index is 604. The van der Waals surface area contributed by atoms with E-state index < -0.39 is 15.6 Å². The van der Waals surface area contributed by atoms with Gasteiger partial charge >= 0.3 is 5.76 Å². The SMILES string of the molecule is CC1(CO)CCCN(Cc2ccc(S(=O)(=O)C(F)F)cc2)C1. The number of aliphatic hydroxyl groups is 1. The van der Waals surface area contributed by atoms with Crippen LogP contribution >= 0.6 is 0 Å². The van der Waals surface area contributed by atoms with Crippen molar-refractivity contribution in [1.29, 1.82) is 0 Å². The molecule has 1 atom stereocenters. The largest absolute Gasteiger partial charge is 0.396 e. The molecule has 0 aromatic heterocycles. The Kier molecular flexibility index (Phi) is 5.19. The van der Waals surface area contributed by atoms with E-state index in [2.05, 4.69) is 4.90 Å². The van der Waals surface area contributed by atoms with Gasteiger partial charge in [0.25, 0.3) is 0 Å². The summed E-state index contributed by atoms with van der Waals surface area (Å²) in [5.74, 6) is -3.40. The normalized spacial score (nSPS) is 23.9. The van der Waals surface area contributed by atoms with Crippen LogP contribution in [0.25, 0.3) is 0 Å². The average Bonchev–Trinajstić information content (AvgIpc) is 2.48. The van der Waals surface area contributed by atoms with E-state index in [1.165, 1.54) is 12.1 Å². The Morgan fingerprint density at radius 3 is 2.50 bits per heavy atom. The van der Waals surface area contributed by atoms with E-state index in [4.69, 9.17) is 0 Å². The van der Waals surface area contributed by atoms with Gasteiger partial charge in [-0.1, -0.05) is 19.1 Å². The first-order chi connectivity index (χ1) is 10.3. The van der Waals surface area contributed by atoms with Gasteiger partial charge in [0.2, 0.25) is 9.84 Å². The zero-order valence-corrected chi connectivity index (χ0v) is 13.3. The van der Waals surface area contributed by atoms with Crippen LogP contribution in [-0.2, 0) is 16.4 Å². The molecule has 4 nitrogen and oxygen atoms in total. The van der Waals surface area contributed by atoms with Gasteiger partial charge in [0.05, 0.1) is 4.90 Å². The fraction of sp³-hybridized carbons (Fsp3) is 0.600. The number of benzene rings is 1. The molecule has 0 bridgehead atoms. The van der Waals surface area contributed by atoms with Crippen LogP contribution in [0.4, 0.5) is 8.78 Å². The average molecular weight is 333 g/mol. The molecule has 1 N–H and O–H groups in total. The molecule has 1 saturated heterocycles. The van der Waals surface area contributed by atoms with Crippen molar-refractivity contribution >= 4 is 9.84 Å². The maximum atomic E-state index is 12.5. The highest BCUT2D eigenvalue weighted by molar-refractivity contribution is 7.91. The van der Waals surface area contributed by atoms with Crippen molar-refractivity contribution in [2.24, 2.45) is 5.41 Å². The predicted molar refractivity (Wildman–Crippen MR) is 79.3 cm³/mol. The monoisotopic (exact) mass is 333 g/mol. The molecule has 1 heterocycles. The second-order valence-electron chi connectivity index (χ2n) is 6.23. The fourth-order valence-electron chi connectivity index (χ4n) is 2.84. The quantitative estimate of drug-likeness (QED) is 0.898. The molecule has 1 aliphatic heterocycles. The molecule has 7 heteroatoms. The van der Waals surface area contributed by atoms with E-state index in [9.17, 15) is 22.3 Å². The van der Waals surface area contributed by atoms with Crippen molar-refractivity contribution in [2.45, 2.75) is 37.0 Å². The number of nitrogens with zero attached hydrogens (tertiary/aromatic N) is 1. The van der Waals surface area contributed by atoms with Gasteiger partial charge in [0.15, 0.2) is 0 Å². The highest BCUT2D eigenvalue weighted by atomic mass is 32.2. The summed E-state index contributed by atoms with van der Waals surface area (Å²) >= 11 is 0. The molecule has 1 aromatic rings. The molecule has 2 rings (SSSR count). The minimum absolute atomic E-state index is 0.114. The summed E-state index contributed by atoms with van der Waals surface area (Å²) in [5, 5.41) is 9.45. The van der Waals surface area contributed by atoms with Gasteiger partial charge in [0.1, 0.15) is 0 Å². The first-order valence-corrected chi connectivity index (χ1v) is 8.76. The highest BCUT2D eigenvalue weighted by Gasteiger charge is 2.30. The number of hydrogen-bond donors (Lipinski definition) is 1. The lowest BCUT2D eigenvalue weighted by atomic mass is 9.82. The first-order valence-electron chi connectivity index (χ1n) is 7.21. The van der Waals surface area contributed by atoms with Crippen molar-refractivity contribution in [3.05, 3.63) is 29.8 Å². The number of sulfone groups is 1. The van der Waals surface area contributed by atoms with Crippen molar-refractivity contribution in [3.63, 3.8) is 0 Å². The van der Waals surface area contributed by atoms with E-state index in [-0.39, 0.29) is 16.9 Å². The van der Waals surface area contributed by atoms with Gasteiger partial charge in [0, 0.05) is 25.1 Å². The Hall–Kier alpha value is -1.05. The second-order valence-corrected chi connectivity index (χ2v) is 8.15. The fourth-order valence-corrected chi connectivity index (χ4v) is 3.56. The summed E-state index contributed by atoms with van der Waals surface area (Å²) in [6, 6.07) is 5.60. The third kappa shape index (κ3) is 3.83. The number of halogens is 2. The van der Waals surface area contributed by atoms with E-state index >= 15 is 0 Å². The molecule has 0 saturated carbocycles. The Morgan fingerprint density at radius 2 is 1.95 bits per heavy atom. The third-order valence-corrected chi connectivity index (χ3v) is 5.53. The topological polar surface area (TPSA) is 57.6 Å². The molecular weight excluding hydrogens is 312 g/mol. The van der Waals surface area contributed by atoms with E-state index in [0.29, 0.717) is 6.54 Å². The number of piperidine rings is 1. The molecule has 1 unspecified atom stereocenters. The summed E-state index contributed by atoms with van der Waals surface area (Å²) < 4.78 is 47.7. The van der Waals surface area contributed by atoms with Crippen LogP contribution in [0.1, 0.15) is 25.3 Å². The lowest BCUT2D eigenvalue weighted by molar-refractivity contribution is 0.0429. The number of hydrogen-bond acceptors (Lipinski definition) is 4. The summed E-state index contributed by atoms with van der Waals surface area (Å²) in [4.78, 5) is 1.83. The van der Waals surface area contributed by atoms with Crippen molar-refractivity contribution < 1.29 is 22.3 Å². The van der Waals surface area contributed by atoms with Crippen molar-refractivity contribution in [1.82, 2.24) is 4.90 Å². The number of alkyl halides is 2. The minimum Gasteiger partial charge on any atom is -0.396 e. The lowest BCUT2D eigenvalue weighted by Crippen LogP contribution is -2.43. The molecule has 0 aliphatic carbocycles. The number of aliphatic hydroxyl groups excluding tert-OH is 1. The van der Waals surface area contributed by atoms with Gasteiger partial charge in [-0.05, 0) is 37.1 Å². The van der Waals surface area contributed by atoms with E-state index in [0.717, 1.165) is 31.5 Å². The molecular formula is C15H21F2NO3S. The van der Waals surface area contributed by atoms with Crippen LogP contribution in [0.2, 0.25) is 0 Å². The van der Waals surface area contributed by atoms with Gasteiger partial charge in [-0.3, -0.25) is 4.90 Å². The number of likely N-dealkylation sites (tertiary alicyclic amines) is 1. The summed E-state index contributed by atoms with van der Waals surface area (Å²) in [7, 11) is -4.53. The Morgan fingerprint density at radius 1 is 1.32 bits per heavy atom. The van der Waals surface area contributed by atoms with Crippen molar-refractivity contribution in [2.75, 3.05) is 19.7 Å². The van der Waals surface area contributed by atoms with Gasteiger partial charge in [-0.15, -0.1) is 0 Å². The standard InChI is InChI=1S/C15H21F2NO3S/c1-15(11-19)7-2-8-18(10-15)9-12-3-5-13(6-4-12)22(20,21)14(16)17/h3-6,14,19H,2,7-11H2,1H3. The van der Waals surface area contributed by atoms with Crippen LogP contribution < -0.4 is 0 Å². The predicted octanol–water partition coefficient (Wildman–Crippen LogP) is 2.28. The Balaban J connectivity index is 2.06. The van der Waals surface area contributed by atoms with E-state index in [1.807, 2.05) is 6.92 Å². The Labute approximate surface area is 129 Å². The smallest absolute Gasteiger partial charge is 0.341 e. The molecule has 124 valence electrons. The molecule has 22 heavy (non-hydrogen) atoms. The van der Waals surface area contributed by atoms with Gasteiger partial charge in [-0.2, -0.15) is 8.78 Å². The van der Waals surface area contributed by atoms with Crippen LogP contribution in [0.15, 0.2) is 29.2 Å². The van der Waals surface area contributed by atoms with Crippen LogP contribution in [0.3, 0.4) is 0 Å². The zero-order valence-electron chi connectivity index (χ0n) is 12.5. The molecule has 0 amide bonds. The van der Waals surface area contributed by atoms with Crippen LogP contribution in [0.5, 0.6) is 0 Å². The highest BCUT2D eigenvalue weighted by Crippen LogP contribution is 2.29. The van der Waals surface area contributed by atoms with Crippen molar-refractivity contribution in [3.8, 4) is 0 Å². The second kappa shape index (κ2) is 6.60. The van der Waals surface area contributed by atoms with Crippen LogP contribution in [0, 0.1) is 5.41 Å². The zero-order chi connectivity index (χ0) is 16.4. The molecule has 1 fully saturated rings. The molecule has 1 aromatic carbocycles. The summed E-state index contributed by atoms with van der Waals surface area (Å²) in [6.45, 7) is 4.46. The molecule has 0 radical (unpaired) electrons. The third-order valence-electron chi connectivity index (χ3n) is 4.13. The summed E-state index contributed by atoms with van der Waals surface area (Å²) in [6.07, 6.45) is 1.97. The number of rotatable bonds is 5. The van der Waals surface area contributed by atoms with Gasteiger partial charge in [-0.25, -0.2) is 8.42 Å². The molecule has 0 spiro atoms. The lowest BCUT2D eigenvalue weighted by Gasteiger charge is -2.39.